The van der Waals surface area contributed by atoms with Crippen molar-refractivity contribution < 1.29 is 23.8 Å². The standard InChI is InChI=1S/C27H35ClN2O5/c1-33-22-13-10-19(11-14-22)18-30(25(31)17-28)26(20-12-15-23(34-2)24(16-20)35-3)27(32)29-21-8-6-4-5-7-9-21/h10-16,21,26H,4-9,17-18H2,1-3H3,(H,29,32)/t26-/m0/s1. The van der Waals surface area contributed by atoms with Gasteiger partial charge in [-0.1, -0.05) is 43.9 Å². The van der Waals surface area contributed by atoms with Crippen LogP contribution >= 0.6 is 11.6 Å². The zero-order valence-corrected chi connectivity index (χ0v) is 21.5. The number of alkyl halides is 1. The monoisotopic (exact) mass is 502 g/mol. The molecule has 0 heterocycles. The normalized spacial score (nSPS) is 15.0. The molecular formula is C27H35ClN2O5. The van der Waals surface area contributed by atoms with Crippen LogP contribution in [0.15, 0.2) is 42.5 Å². The number of hydrogen-bond acceptors (Lipinski definition) is 5. The second-order valence-corrected chi connectivity index (χ2v) is 8.98. The van der Waals surface area contributed by atoms with Gasteiger partial charge in [0.25, 0.3) is 0 Å². The number of hydrogen-bond donors (Lipinski definition) is 1. The molecule has 0 unspecified atom stereocenters. The lowest BCUT2D eigenvalue weighted by Gasteiger charge is -2.32. The topological polar surface area (TPSA) is 77.1 Å². The zero-order valence-electron chi connectivity index (χ0n) is 20.7. The van der Waals surface area contributed by atoms with Gasteiger partial charge in [0.15, 0.2) is 11.5 Å². The molecule has 0 aromatic heterocycles. The zero-order chi connectivity index (χ0) is 25.2. The molecule has 0 aliphatic heterocycles. The molecule has 1 aliphatic carbocycles. The average Bonchev–Trinajstić information content (AvgIpc) is 3.16. The molecule has 8 heteroatoms. The molecule has 0 saturated heterocycles. The Morgan fingerprint density at radius 1 is 0.943 bits per heavy atom. The van der Waals surface area contributed by atoms with Crippen molar-refractivity contribution in [1.82, 2.24) is 10.2 Å². The van der Waals surface area contributed by atoms with Gasteiger partial charge in [-0.05, 0) is 48.2 Å². The highest BCUT2D eigenvalue weighted by molar-refractivity contribution is 6.27. The van der Waals surface area contributed by atoms with Crippen LogP contribution in [0.25, 0.3) is 0 Å². The summed E-state index contributed by atoms with van der Waals surface area (Å²) in [5, 5.41) is 3.22. The predicted molar refractivity (Wildman–Crippen MR) is 136 cm³/mol. The number of halogens is 1. The number of nitrogens with one attached hydrogen (secondary N) is 1. The molecule has 190 valence electrons. The van der Waals surface area contributed by atoms with E-state index in [0.29, 0.717) is 22.8 Å². The van der Waals surface area contributed by atoms with Crippen LogP contribution in [-0.2, 0) is 16.1 Å². The molecule has 7 nitrogen and oxygen atoms in total. The van der Waals surface area contributed by atoms with Crippen LogP contribution in [0.3, 0.4) is 0 Å². The number of amides is 2. The summed E-state index contributed by atoms with van der Waals surface area (Å²) in [6.07, 6.45) is 6.41. The highest BCUT2D eigenvalue weighted by atomic mass is 35.5. The van der Waals surface area contributed by atoms with Crippen LogP contribution in [0.4, 0.5) is 0 Å². The summed E-state index contributed by atoms with van der Waals surface area (Å²) in [5.41, 5.74) is 1.48. The van der Waals surface area contributed by atoms with Gasteiger partial charge in [-0.15, -0.1) is 11.6 Å². The smallest absolute Gasteiger partial charge is 0.247 e. The fourth-order valence-electron chi connectivity index (χ4n) is 4.53. The van der Waals surface area contributed by atoms with Gasteiger partial charge in [0.2, 0.25) is 11.8 Å². The van der Waals surface area contributed by atoms with Gasteiger partial charge >= 0.3 is 0 Å². The second kappa shape index (κ2) is 13.2. The van der Waals surface area contributed by atoms with Crippen LogP contribution in [-0.4, -0.2) is 50.0 Å². The third-order valence-corrected chi connectivity index (χ3v) is 6.66. The molecule has 3 rings (SSSR count). The van der Waals surface area contributed by atoms with E-state index in [9.17, 15) is 9.59 Å². The Kier molecular flexibility index (Phi) is 10.1. The summed E-state index contributed by atoms with van der Waals surface area (Å²) >= 11 is 6.03. The van der Waals surface area contributed by atoms with Gasteiger partial charge in [0.1, 0.15) is 17.7 Å². The summed E-state index contributed by atoms with van der Waals surface area (Å²) in [6.45, 7) is 0.215. The summed E-state index contributed by atoms with van der Waals surface area (Å²) in [5.74, 6) is 0.946. The van der Waals surface area contributed by atoms with Gasteiger partial charge in [0, 0.05) is 12.6 Å². The lowest BCUT2D eigenvalue weighted by molar-refractivity contribution is -0.140. The number of methoxy groups -OCH3 is 3. The lowest BCUT2D eigenvalue weighted by Crippen LogP contribution is -2.46. The fraction of sp³-hybridized carbons (Fsp3) is 0.481. The van der Waals surface area contributed by atoms with Crippen molar-refractivity contribution in [1.29, 1.82) is 0 Å². The van der Waals surface area contributed by atoms with Crippen LogP contribution in [0.2, 0.25) is 0 Å². The van der Waals surface area contributed by atoms with Crippen LogP contribution < -0.4 is 19.5 Å². The Labute approximate surface area is 212 Å². The number of carbonyl (C=O) groups is 2. The Bertz CT molecular complexity index is 974. The Balaban J connectivity index is 1.99. The fourth-order valence-corrected chi connectivity index (χ4v) is 4.68. The van der Waals surface area contributed by atoms with E-state index in [0.717, 1.165) is 31.2 Å². The van der Waals surface area contributed by atoms with Crippen molar-refractivity contribution in [2.45, 2.75) is 57.2 Å². The molecule has 1 aliphatic rings. The minimum atomic E-state index is -0.883. The minimum Gasteiger partial charge on any atom is -0.497 e. The molecule has 1 saturated carbocycles. The molecule has 2 aromatic rings. The number of ether oxygens (including phenoxy) is 3. The van der Waals surface area contributed by atoms with Crippen molar-refractivity contribution in [3.05, 3.63) is 53.6 Å². The second-order valence-electron chi connectivity index (χ2n) is 8.72. The minimum absolute atomic E-state index is 0.0848. The van der Waals surface area contributed by atoms with E-state index in [1.807, 2.05) is 24.3 Å². The molecular weight excluding hydrogens is 468 g/mol. The molecule has 1 atom stereocenters. The van der Waals surface area contributed by atoms with E-state index in [1.54, 1.807) is 39.5 Å². The first kappa shape index (κ1) is 26.7. The van der Waals surface area contributed by atoms with E-state index >= 15 is 0 Å². The Morgan fingerprint density at radius 3 is 2.17 bits per heavy atom. The number of rotatable bonds is 10. The van der Waals surface area contributed by atoms with E-state index < -0.39 is 6.04 Å². The van der Waals surface area contributed by atoms with Crippen molar-refractivity contribution >= 4 is 23.4 Å². The highest BCUT2D eigenvalue weighted by Crippen LogP contribution is 2.33. The van der Waals surface area contributed by atoms with Gasteiger partial charge in [-0.3, -0.25) is 9.59 Å². The Hall–Kier alpha value is -2.93. The van der Waals surface area contributed by atoms with Crippen molar-refractivity contribution in [2.24, 2.45) is 0 Å². The maximum Gasteiger partial charge on any atom is 0.247 e. The summed E-state index contributed by atoms with van der Waals surface area (Å²) < 4.78 is 16.1. The van der Waals surface area contributed by atoms with Crippen molar-refractivity contribution in [3.63, 3.8) is 0 Å². The van der Waals surface area contributed by atoms with Gasteiger partial charge in [-0.2, -0.15) is 0 Å². The molecule has 0 spiro atoms. The van der Waals surface area contributed by atoms with Gasteiger partial charge < -0.3 is 24.4 Å². The highest BCUT2D eigenvalue weighted by Gasteiger charge is 2.33. The van der Waals surface area contributed by atoms with Crippen molar-refractivity contribution in [3.8, 4) is 17.2 Å². The molecule has 2 aromatic carbocycles. The average molecular weight is 503 g/mol. The SMILES string of the molecule is COc1ccc(CN(C(=O)CCl)[C@H](C(=O)NC2CCCCCC2)c2ccc(OC)c(OC)c2)cc1. The maximum absolute atomic E-state index is 13.8. The van der Waals surface area contributed by atoms with E-state index in [4.69, 9.17) is 25.8 Å². The number of nitrogens with zero attached hydrogens (tertiary/aromatic N) is 1. The lowest BCUT2D eigenvalue weighted by atomic mass is 10.0. The van der Waals surface area contributed by atoms with Gasteiger partial charge in [0.05, 0.1) is 21.3 Å². The molecule has 0 bridgehead atoms. The summed E-state index contributed by atoms with van der Waals surface area (Å²) in [4.78, 5) is 28.4. The molecule has 1 fully saturated rings. The van der Waals surface area contributed by atoms with Crippen LogP contribution in [0.5, 0.6) is 17.2 Å². The predicted octanol–water partition coefficient (Wildman–Crippen LogP) is 4.86. The third-order valence-electron chi connectivity index (χ3n) is 6.43. The summed E-state index contributed by atoms with van der Waals surface area (Å²) in [6, 6.07) is 11.9. The quantitative estimate of drug-likeness (QED) is 0.371. The van der Waals surface area contributed by atoms with Crippen molar-refractivity contribution in [2.75, 3.05) is 27.2 Å². The molecule has 2 amide bonds. The van der Waals surface area contributed by atoms with Crippen LogP contribution in [0.1, 0.15) is 55.7 Å². The van der Waals surface area contributed by atoms with E-state index in [1.165, 1.54) is 17.7 Å². The first-order valence-corrected chi connectivity index (χ1v) is 12.5. The first-order valence-electron chi connectivity index (χ1n) is 12.0. The summed E-state index contributed by atoms with van der Waals surface area (Å²) in [7, 11) is 4.70. The molecule has 35 heavy (non-hydrogen) atoms. The van der Waals surface area contributed by atoms with E-state index in [-0.39, 0.29) is 30.3 Å². The van der Waals surface area contributed by atoms with Gasteiger partial charge in [-0.25, -0.2) is 0 Å². The Morgan fingerprint density at radius 2 is 1.60 bits per heavy atom. The molecule has 1 N–H and O–H groups in total. The largest absolute Gasteiger partial charge is 0.497 e. The first-order chi connectivity index (χ1) is 17.0. The van der Waals surface area contributed by atoms with E-state index in [2.05, 4.69) is 5.32 Å². The number of benzene rings is 2. The third kappa shape index (κ3) is 7.04. The number of carbonyl (C=O) groups excluding carboxylic acids is 2. The maximum atomic E-state index is 13.8. The van der Waals surface area contributed by atoms with Crippen LogP contribution in [0, 0.1) is 0 Å². The molecule has 0 radical (unpaired) electrons.